The number of aromatic hydroxyl groups is 1. The Hall–Kier alpha value is -3.15. The largest absolute Gasteiger partial charge is 0.508 e. The SMILES string of the molecule is Cc1ccc(-c2nnc([C@H](C)OC(=O)c3cccc(O)c3)o2)cc1. The first-order valence-corrected chi connectivity index (χ1v) is 7.43. The molecule has 2 aromatic carbocycles. The number of rotatable bonds is 4. The molecule has 0 aliphatic carbocycles. The maximum Gasteiger partial charge on any atom is 0.339 e. The van der Waals surface area contributed by atoms with Crippen LogP contribution in [0.25, 0.3) is 11.5 Å². The number of nitrogens with zero attached hydrogens (tertiary/aromatic N) is 2. The molecular formula is C18H16N2O4. The molecule has 0 spiro atoms. The van der Waals surface area contributed by atoms with Crippen molar-refractivity contribution in [3.63, 3.8) is 0 Å². The molecule has 6 nitrogen and oxygen atoms in total. The second-order valence-electron chi connectivity index (χ2n) is 5.41. The zero-order valence-electron chi connectivity index (χ0n) is 13.3. The Morgan fingerprint density at radius 1 is 1.17 bits per heavy atom. The van der Waals surface area contributed by atoms with E-state index in [2.05, 4.69) is 10.2 Å². The first-order valence-electron chi connectivity index (χ1n) is 7.43. The summed E-state index contributed by atoms with van der Waals surface area (Å²) in [6, 6.07) is 13.6. The van der Waals surface area contributed by atoms with Gasteiger partial charge in [0.2, 0.25) is 5.89 Å². The molecule has 0 bridgehead atoms. The van der Waals surface area contributed by atoms with Gasteiger partial charge in [0.25, 0.3) is 5.89 Å². The number of carbonyl (C=O) groups excluding carboxylic acids is 1. The highest BCUT2D eigenvalue weighted by atomic mass is 16.6. The van der Waals surface area contributed by atoms with E-state index in [4.69, 9.17) is 9.15 Å². The van der Waals surface area contributed by atoms with E-state index in [9.17, 15) is 9.90 Å². The highest BCUT2D eigenvalue weighted by molar-refractivity contribution is 5.89. The monoisotopic (exact) mass is 324 g/mol. The topological polar surface area (TPSA) is 85.5 Å². The Kier molecular flexibility index (Phi) is 4.29. The number of aromatic nitrogens is 2. The molecule has 0 fully saturated rings. The van der Waals surface area contributed by atoms with Crippen molar-refractivity contribution in [2.75, 3.05) is 0 Å². The van der Waals surface area contributed by atoms with Gasteiger partial charge < -0.3 is 14.3 Å². The zero-order chi connectivity index (χ0) is 17.1. The smallest absolute Gasteiger partial charge is 0.339 e. The maximum absolute atomic E-state index is 12.1. The molecule has 0 aliphatic heterocycles. The van der Waals surface area contributed by atoms with Crippen molar-refractivity contribution < 1.29 is 19.1 Å². The van der Waals surface area contributed by atoms with E-state index in [1.54, 1.807) is 19.1 Å². The highest BCUT2D eigenvalue weighted by Gasteiger charge is 2.20. The third-order valence-electron chi connectivity index (χ3n) is 3.45. The van der Waals surface area contributed by atoms with Gasteiger partial charge >= 0.3 is 5.97 Å². The fraction of sp³-hybridized carbons (Fsp3) is 0.167. The van der Waals surface area contributed by atoms with Gasteiger partial charge in [-0.05, 0) is 44.2 Å². The lowest BCUT2D eigenvalue weighted by molar-refractivity contribution is 0.0279. The lowest BCUT2D eigenvalue weighted by atomic mass is 10.1. The standard InChI is InChI=1S/C18H16N2O4/c1-11-6-8-13(9-7-11)17-20-19-16(24-17)12(2)23-18(22)14-4-3-5-15(21)10-14/h3-10,12,21H,1-2H3/t12-/m0/s1. The van der Waals surface area contributed by atoms with Gasteiger partial charge in [0.1, 0.15) is 5.75 Å². The summed E-state index contributed by atoms with van der Waals surface area (Å²) in [4.78, 5) is 12.1. The number of hydrogen-bond donors (Lipinski definition) is 1. The average Bonchev–Trinajstić information content (AvgIpc) is 3.05. The maximum atomic E-state index is 12.1. The number of phenols is 1. The Morgan fingerprint density at radius 2 is 1.92 bits per heavy atom. The molecule has 1 N–H and O–H groups in total. The molecule has 24 heavy (non-hydrogen) atoms. The number of carbonyl (C=O) groups is 1. The number of phenolic OH excluding ortho intramolecular Hbond substituents is 1. The van der Waals surface area contributed by atoms with Crippen molar-refractivity contribution in [2.24, 2.45) is 0 Å². The van der Waals surface area contributed by atoms with Crippen LogP contribution in [-0.4, -0.2) is 21.3 Å². The van der Waals surface area contributed by atoms with Crippen molar-refractivity contribution in [1.29, 1.82) is 0 Å². The lowest BCUT2D eigenvalue weighted by Crippen LogP contribution is -2.09. The summed E-state index contributed by atoms with van der Waals surface area (Å²) in [6.07, 6.45) is -0.702. The van der Waals surface area contributed by atoms with Crippen LogP contribution >= 0.6 is 0 Å². The third kappa shape index (κ3) is 3.43. The minimum atomic E-state index is -0.702. The van der Waals surface area contributed by atoms with Crippen LogP contribution in [0.3, 0.4) is 0 Å². The van der Waals surface area contributed by atoms with Crippen LogP contribution in [0.15, 0.2) is 52.9 Å². The summed E-state index contributed by atoms with van der Waals surface area (Å²) in [5, 5.41) is 17.3. The van der Waals surface area contributed by atoms with E-state index in [0.29, 0.717) is 5.89 Å². The van der Waals surface area contributed by atoms with Crippen LogP contribution in [0.5, 0.6) is 5.75 Å². The molecule has 0 aliphatic rings. The zero-order valence-corrected chi connectivity index (χ0v) is 13.3. The van der Waals surface area contributed by atoms with Crippen molar-refractivity contribution >= 4 is 5.97 Å². The number of ether oxygens (including phenoxy) is 1. The van der Waals surface area contributed by atoms with Gasteiger partial charge in [0.15, 0.2) is 6.10 Å². The Bertz CT molecular complexity index is 855. The van der Waals surface area contributed by atoms with Crippen LogP contribution < -0.4 is 0 Å². The van der Waals surface area contributed by atoms with E-state index in [1.165, 1.54) is 12.1 Å². The molecule has 0 radical (unpaired) electrons. The van der Waals surface area contributed by atoms with Gasteiger partial charge in [0, 0.05) is 5.56 Å². The average molecular weight is 324 g/mol. The molecule has 0 saturated carbocycles. The van der Waals surface area contributed by atoms with E-state index < -0.39 is 12.1 Å². The fourth-order valence-corrected chi connectivity index (χ4v) is 2.12. The highest BCUT2D eigenvalue weighted by Crippen LogP contribution is 2.23. The van der Waals surface area contributed by atoms with Crippen molar-refractivity contribution in [3.8, 4) is 17.2 Å². The number of benzene rings is 2. The normalized spacial score (nSPS) is 11.9. The van der Waals surface area contributed by atoms with Gasteiger partial charge in [0.05, 0.1) is 5.56 Å². The van der Waals surface area contributed by atoms with Crippen molar-refractivity contribution in [3.05, 3.63) is 65.5 Å². The van der Waals surface area contributed by atoms with Crippen LogP contribution in [0, 0.1) is 6.92 Å². The number of hydrogen-bond acceptors (Lipinski definition) is 6. The second kappa shape index (κ2) is 6.54. The summed E-state index contributed by atoms with van der Waals surface area (Å²) < 4.78 is 10.9. The van der Waals surface area contributed by atoms with Gasteiger partial charge in [-0.1, -0.05) is 23.8 Å². The summed E-state index contributed by atoms with van der Waals surface area (Å²) >= 11 is 0. The predicted molar refractivity (Wildman–Crippen MR) is 86.4 cm³/mol. The van der Waals surface area contributed by atoms with Crippen LogP contribution in [0.1, 0.15) is 34.8 Å². The minimum absolute atomic E-state index is 0.00319. The Balaban J connectivity index is 1.73. The van der Waals surface area contributed by atoms with Crippen LogP contribution in [-0.2, 0) is 4.74 Å². The molecule has 1 aromatic heterocycles. The molecule has 0 saturated heterocycles. The molecule has 1 heterocycles. The van der Waals surface area contributed by atoms with Gasteiger partial charge in [-0.25, -0.2) is 4.79 Å². The molecule has 6 heteroatoms. The first kappa shape index (κ1) is 15.7. The molecule has 1 atom stereocenters. The Labute approximate surface area is 138 Å². The van der Waals surface area contributed by atoms with Gasteiger partial charge in [-0.2, -0.15) is 0 Å². The second-order valence-corrected chi connectivity index (χ2v) is 5.41. The van der Waals surface area contributed by atoms with Gasteiger partial charge in [-0.3, -0.25) is 0 Å². The van der Waals surface area contributed by atoms with E-state index in [1.807, 2.05) is 31.2 Å². The summed E-state index contributed by atoms with van der Waals surface area (Å²) in [5.74, 6) is -0.00521. The molecule has 0 unspecified atom stereocenters. The lowest BCUT2D eigenvalue weighted by Gasteiger charge is -2.09. The third-order valence-corrected chi connectivity index (χ3v) is 3.45. The van der Waals surface area contributed by atoms with E-state index >= 15 is 0 Å². The van der Waals surface area contributed by atoms with E-state index in [0.717, 1.165) is 11.1 Å². The quantitative estimate of drug-likeness (QED) is 0.737. The minimum Gasteiger partial charge on any atom is -0.508 e. The summed E-state index contributed by atoms with van der Waals surface area (Å²) in [6.45, 7) is 3.64. The molecule has 3 rings (SSSR count). The molecule has 0 amide bonds. The predicted octanol–water partition coefficient (Wildman–Crippen LogP) is 3.67. The van der Waals surface area contributed by atoms with Crippen LogP contribution in [0.4, 0.5) is 0 Å². The molecule has 3 aromatic rings. The van der Waals surface area contributed by atoms with E-state index in [-0.39, 0.29) is 17.2 Å². The summed E-state index contributed by atoms with van der Waals surface area (Å²) in [5.41, 5.74) is 2.18. The van der Waals surface area contributed by atoms with Crippen LogP contribution in [0.2, 0.25) is 0 Å². The van der Waals surface area contributed by atoms with Crippen molar-refractivity contribution in [2.45, 2.75) is 20.0 Å². The Morgan fingerprint density at radius 3 is 2.62 bits per heavy atom. The first-order chi connectivity index (χ1) is 11.5. The summed E-state index contributed by atoms with van der Waals surface area (Å²) in [7, 11) is 0. The van der Waals surface area contributed by atoms with Crippen molar-refractivity contribution in [1.82, 2.24) is 10.2 Å². The molecular weight excluding hydrogens is 308 g/mol. The number of esters is 1. The van der Waals surface area contributed by atoms with Gasteiger partial charge in [-0.15, -0.1) is 10.2 Å². The number of aryl methyl sites for hydroxylation is 1. The molecule has 122 valence electrons. The fourth-order valence-electron chi connectivity index (χ4n) is 2.12.